The summed E-state index contributed by atoms with van der Waals surface area (Å²) >= 11 is 0. The lowest BCUT2D eigenvalue weighted by atomic mass is 9.78. The van der Waals surface area contributed by atoms with Crippen LogP contribution in [0.1, 0.15) is 23.1 Å². The third-order valence-electron chi connectivity index (χ3n) is 4.62. The topological polar surface area (TPSA) is 100 Å². The van der Waals surface area contributed by atoms with Crippen molar-refractivity contribution in [2.75, 3.05) is 5.32 Å². The van der Waals surface area contributed by atoms with Gasteiger partial charge in [0, 0.05) is 0 Å². The maximum absolute atomic E-state index is 13.4. The van der Waals surface area contributed by atoms with Crippen molar-refractivity contribution in [1.82, 2.24) is 14.8 Å². The average Bonchev–Trinajstić information content (AvgIpc) is 3.12. The third-order valence-corrected chi connectivity index (χ3v) is 4.62. The molecule has 1 aliphatic rings. The third kappa shape index (κ3) is 2.34. The van der Waals surface area contributed by atoms with Crippen molar-refractivity contribution < 1.29 is 19.4 Å². The number of nitrogens with one attached hydrogen (secondary N) is 1. The van der Waals surface area contributed by atoms with Gasteiger partial charge in [-0.25, -0.2) is 9.18 Å². The van der Waals surface area contributed by atoms with Gasteiger partial charge in [-0.15, -0.1) is 0 Å². The predicted octanol–water partition coefficient (Wildman–Crippen LogP) is 2.10. The number of carboxylic acids is 1. The molecule has 0 saturated heterocycles. The van der Waals surface area contributed by atoms with E-state index in [2.05, 4.69) is 15.4 Å². The highest BCUT2D eigenvalue weighted by molar-refractivity contribution is 5.78. The highest BCUT2D eigenvalue weighted by Crippen LogP contribution is 2.47. The molecule has 7 nitrogen and oxygen atoms in total. The lowest BCUT2D eigenvalue weighted by molar-refractivity contribution is -0.179. The fourth-order valence-corrected chi connectivity index (χ4v) is 3.43. The van der Waals surface area contributed by atoms with Gasteiger partial charge in [-0.2, -0.15) is 14.8 Å². The largest absolute Gasteiger partial charge is 0.478 e. The molecule has 3 N–H and O–H groups in total. The maximum atomic E-state index is 13.4. The minimum atomic E-state index is -2.39. The van der Waals surface area contributed by atoms with Crippen LogP contribution in [-0.4, -0.2) is 30.9 Å². The molecule has 132 valence electrons. The van der Waals surface area contributed by atoms with Crippen molar-refractivity contribution in [2.24, 2.45) is 0 Å². The summed E-state index contributed by atoms with van der Waals surface area (Å²) in [4.78, 5) is 16.1. The number of halogens is 1. The summed E-state index contributed by atoms with van der Waals surface area (Å²) in [6.07, 6.45) is 1.17. The van der Waals surface area contributed by atoms with E-state index in [1.807, 2.05) is 30.3 Å². The Balaban J connectivity index is 1.96. The number of fused-ring (bicyclic) bond motifs is 1. The van der Waals surface area contributed by atoms with Crippen LogP contribution in [0, 0.1) is 5.82 Å². The molecule has 1 aliphatic heterocycles. The standard InChI is InChI=1S/C18H15FN4O3/c19-13-8-6-11(7-9-13)14-15(12-4-2-1-3-5-12)22-17-20-10-21-23(17)18(14,26)16(24)25/h1-10,14-15,26H,(H,24,25)(H,20,21,22)/t14-,15-,18+/m0/s1. The van der Waals surface area contributed by atoms with Crippen LogP contribution in [0.3, 0.4) is 0 Å². The Labute approximate surface area is 147 Å². The Morgan fingerprint density at radius 3 is 2.46 bits per heavy atom. The van der Waals surface area contributed by atoms with E-state index in [4.69, 9.17) is 0 Å². The van der Waals surface area contributed by atoms with Gasteiger partial charge < -0.3 is 15.5 Å². The van der Waals surface area contributed by atoms with Crippen LogP contribution in [0.4, 0.5) is 10.3 Å². The van der Waals surface area contributed by atoms with Gasteiger partial charge in [-0.3, -0.25) is 0 Å². The molecule has 3 aromatic rings. The second kappa shape index (κ2) is 5.92. The van der Waals surface area contributed by atoms with Crippen molar-refractivity contribution in [3.8, 4) is 0 Å². The zero-order valence-corrected chi connectivity index (χ0v) is 13.5. The second-order valence-corrected chi connectivity index (χ2v) is 6.09. The van der Waals surface area contributed by atoms with Crippen LogP contribution in [0.15, 0.2) is 60.9 Å². The van der Waals surface area contributed by atoms with E-state index < -0.39 is 29.5 Å². The molecule has 0 fully saturated rings. The quantitative estimate of drug-likeness (QED) is 0.666. The van der Waals surface area contributed by atoms with Crippen LogP contribution in [0.2, 0.25) is 0 Å². The highest BCUT2D eigenvalue weighted by atomic mass is 19.1. The molecule has 0 unspecified atom stereocenters. The summed E-state index contributed by atoms with van der Waals surface area (Å²) in [6, 6.07) is 13.9. The van der Waals surface area contributed by atoms with Crippen LogP contribution < -0.4 is 5.32 Å². The molecule has 8 heteroatoms. The number of carboxylic acid groups (broad SMARTS) is 1. The molecule has 3 atom stereocenters. The Hall–Kier alpha value is -3.26. The summed E-state index contributed by atoms with van der Waals surface area (Å²) < 4.78 is 14.3. The Morgan fingerprint density at radius 2 is 1.81 bits per heavy atom. The summed E-state index contributed by atoms with van der Waals surface area (Å²) in [5, 5.41) is 28.1. The molecule has 2 aromatic carbocycles. The lowest BCUT2D eigenvalue weighted by Crippen LogP contribution is -2.54. The predicted molar refractivity (Wildman–Crippen MR) is 89.8 cm³/mol. The Morgan fingerprint density at radius 1 is 1.12 bits per heavy atom. The number of benzene rings is 2. The van der Waals surface area contributed by atoms with Gasteiger partial charge in [0.2, 0.25) is 5.95 Å². The van der Waals surface area contributed by atoms with Crippen LogP contribution in [-0.2, 0) is 10.5 Å². The Bertz CT molecular complexity index is 945. The molecular formula is C18H15FN4O3. The van der Waals surface area contributed by atoms with Crippen molar-refractivity contribution in [3.63, 3.8) is 0 Å². The number of rotatable bonds is 3. The normalized spacial score (nSPS) is 24.5. The van der Waals surface area contributed by atoms with E-state index >= 15 is 0 Å². The first kappa shape index (κ1) is 16.2. The Kier molecular flexibility index (Phi) is 3.69. The van der Waals surface area contributed by atoms with Crippen molar-refractivity contribution in [2.45, 2.75) is 17.7 Å². The molecule has 0 saturated carbocycles. The fourth-order valence-electron chi connectivity index (χ4n) is 3.43. The van der Waals surface area contributed by atoms with Crippen molar-refractivity contribution in [1.29, 1.82) is 0 Å². The number of carbonyl (C=O) groups is 1. The van der Waals surface area contributed by atoms with Crippen LogP contribution in [0.25, 0.3) is 0 Å². The molecule has 1 aromatic heterocycles. The molecule has 4 rings (SSSR count). The molecule has 0 spiro atoms. The highest BCUT2D eigenvalue weighted by Gasteiger charge is 2.56. The van der Waals surface area contributed by atoms with Gasteiger partial charge in [0.25, 0.3) is 5.72 Å². The summed E-state index contributed by atoms with van der Waals surface area (Å²) in [5.74, 6) is -2.76. The molecule has 0 aliphatic carbocycles. The van der Waals surface area contributed by atoms with E-state index in [0.29, 0.717) is 5.56 Å². The van der Waals surface area contributed by atoms with Gasteiger partial charge >= 0.3 is 5.97 Å². The number of aliphatic hydroxyl groups is 1. The first-order valence-electron chi connectivity index (χ1n) is 7.95. The van der Waals surface area contributed by atoms with E-state index in [1.54, 1.807) is 0 Å². The van der Waals surface area contributed by atoms with Gasteiger partial charge in [0.05, 0.1) is 12.0 Å². The monoisotopic (exact) mass is 354 g/mol. The minimum absolute atomic E-state index is 0.141. The van der Waals surface area contributed by atoms with Crippen LogP contribution in [0.5, 0.6) is 0 Å². The van der Waals surface area contributed by atoms with Gasteiger partial charge in [0.15, 0.2) is 0 Å². The summed E-state index contributed by atoms with van der Waals surface area (Å²) in [7, 11) is 0. The summed E-state index contributed by atoms with van der Waals surface area (Å²) in [6.45, 7) is 0. The number of aliphatic carboxylic acids is 1. The SMILES string of the molecule is O=C(O)[C@]1(O)[C@@H](c2ccc(F)cc2)[C@H](c2ccccc2)Nc2ncnn21. The van der Waals surface area contributed by atoms with Crippen LogP contribution >= 0.6 is 0 Å². The number of hydrogen-bond acceptors (Lipinski definition) is 5. The molecule has 0 bridgehead atoms. The van der Waals surface area contributed by atoms with E-state index in [9.17, 15) is 19.4 Å². The zero-order valence-electron chi connectivity index (χ0n) is 13.5. The first-order chi connectivity index (χ1) is 12.5. The smallest absolute Gasteiger partial charge is 0.360 e. The zero-order chi connectivity index (χ0) is 18.3. The minimum Gasteiger partial charge on any atom is -0.478 e. The van der Waals surface area contributed by atoms with E-state index in [-0.39, 0.29) is 5.95 Å². The molecule has 0 amide bonds. The molecule has 26 heavy (non-hydrogen) atoms. The number of nitrogens with zero attached hydrogens (tertiary/aromatic N) is 3. The van der Waals surface area contributed by atoms with Crippen molar-refractivity contribution in [3.05, 3.63) is 77.9 Å². The van der Waals surface area contributed by atoms with Gasteiger partial charge in [-0.1, -0.05) is 42.5 Å². The number of aromatic nitrogens is 3. The van der Waals surface area contributed by atoms with Gasteiger partial charge in [-0.05, 0) is 23.3 Å². The number of anilines is 1. The van der Waals surface area contributed by atoms with Gasteiger partial charge in [0.1, 0.15) is 12.1 Å². The number of hydrogen-bond donors (Lipinski definition) is 3. The van der Waals surface area contributed by atoms with Crippen molar-refractivity contribution >= 4 is 11.9 Å². The first-order valence-corrected chi connectivity index (χ1v) is 7.95. The maximum Gasteiger partial charge on any atom is 0.360 e. The molecular weight excluding hydrogens is 339 g/mol. The lowest BCUT2D eigenvalue weighted by Gasteiger charge is -2.42. The fraction of sp³-hybridized carbons (Fsp3) is 0.167. The van der Waals surface area contributed by atoms with E-state index in [0.717, 1.165) is 10.2 Å². The summed E-state index contributed by atoms with van der Waals surface area (Å²) in [5.41, 5.74) is -1.18. The second-order valence-electron chi connectivity index (χ2n) is 6.09. The average molecular weight is 354 g/mol. The van der Waals surface area contributed by atoms with E-state index in [1.165, 1.54) is 30.6 Å². The molecule has 0 radical (unpaired) electrons. The molecule has 2 heterocycles.